The van der Waals surface area contributed by atoms with Crippen molar-refractivity contribution in [3.05, 3.63) is 40.0 Å². The molecule has 0 saturated heterocycles. The lowest BCUT2D eigenvalue weighted by molar-refractivity contribution is 0.102. The maximum Gasteiger partial charge on any atom is 0.257 e. The first kappa shape index (κ1) is 11.2. The van der Waals surface area contributed by atoms with Crippen LogP contribution in [-0.2, 0) is 0 Å². The largest absolute Gasteiger partial charge is 0.311 e. The second-order valence-corrected chi connectivity index (χ2v) is 4.86. The number of hydrogen-bond donors (Lipinski definition) is 1. The van der Waals surface area contributed by atoms with Gasteiger partial charge in [0.25, 0.3) is 5.91 Å². The summed E-state index contributed by atoms with van der Waals surface area (Å²) in [6.45, 7) is 1.97. The number of anilines is 1. The summed E-state index contributed by atoms with van der Waals surface area (Å²) in [5, 5.41) is 7.01. The highest BCUT2D eigenvalue weighted by Gasteiger charge is 2.10. The maximum absolute atomic E-state index is 11.9. The van der Waals surface area contributed by atoms with E-state index in [4.69, 9.17) is 0 Å². The van der Waals surface area contributed by atoms with E-state index in [-0.39, 0.29) is 5.91 Å². The summed E-state index contributed by atoms with van der Waals surface area (Å²) in [6, 6.07) is 5.58. The van der Waals surface area contributed by atoms with E-state index in [1.54, 1.807) is 6.07 Å². The fraction of sp³-hybridized carbons (Fsp3) is 0.100. The highest BCUT2D eigenvalue weighted by atomic mass is 79.9. The third kappa shape index (κ3) is 2.45. The monoisotopic (exact) mass is 297 g/mol. The summed E-state index contributed by atoms with van der Waals surface area (Å²) in [6.07, 6.45) is 1.52. The molecule has 0 radical (unpaired) electrons. The SMILES string of the molecule is Cc1ccc(C(=O)Nc2cnns2)c(Br)c1. The maximum atomic E-state index is 11.9. The van der Waals surface area contributed by atoms with Gasteiger partial charge in [0.1, 0.15) is 5.00 Å². The van der Waals surface area contributed by atoms with E-state index in [9.17, 15) is 4.79 Å². The predicted molar refractivity (Wildman–Crippen MR) is 66.7 cm³/mol. The molecule has 2 rings (SSSR count). The van der Waals surface area contributed by atoms with Gasteiger partial charge in [-0.2, -0.15) is 0 Å². The molecule has 0 fully saturated rings. The molecule has 16 heavy (non-hydrogen) atoms. The molecule has 1 aromatic carbocycles. The van der Waals surface area contributed by atoms with Crippen LogP contribution < -0.4 is 5.32 Å². The van der Waals surface area contributed by atoms with Crippen molar-refractivity contribution in [3.8, 4) is 0 Å². The van der Waals surface area contributed by atoms with Crippen LogP contribution in [0.1, 0.15) is 15.9 Å². The van der Waals surface area contributed by atoms with E-state index in [0.717, 1.165) is 21.6 Å². The summed E-state index contributed by atoms with van der Waals surface area (Å²) in [4.78, 5) is 11.9. The lowest BCUT2D eigenvalue weighted by Gasteiger charge is -2.04. The predicted octanol–water partition coefficient (Wildman–Crippen LogP) is 2.86. The van der Waals surface area contributed by atoms with Crippen LogP contribution in [0.3, 0.4) is 0 Å². The highest BCUT2D eigenvalue weighted by molar-refractivity contribution is 9.10. The molecular weight excluding hydrogens is 290 g/mol. The number of nitrogens with zero attached hydrogens (tertiary/aromatic N) is 2. The quantitative estimate of drug-likeness (QED) is 0.927. The molecule has 0 atom stereocenters. The van der Waals surface area contributed by atoms with E-state index >= 15 is 0 Å². The Morgan fingerprint density at radius 1 is 1.50 bits per heavy atom. The Labute approximate surface area is 105 Å². The molecule has 6 heteroatoms. The zero-order chi connectivity index (χ0) is 11.5. The zero-order valence-electron chi connectivity index (χ0n) is 8.40. The third-order valence-electron chi connectivity index (χ3n) is 1.97. The molecule has 0 spiro atoms. The van der Waals surface area contributed by atoms with Gasteiger partial charge in [-0.05, 0) is 40.5 Å². The van der Waals surface area contributed by atoms with Crippen molar-refractivity contribution in [1.29, 1.82) is 0 Å². The van der Waals surface area contributed by atoms with Gasteiger partial charge in [0.15, 0.2) is 0 Å². The number of rotatable bonds is 2. The number of nitrogens with one attached hydrogen (secondary N) is 1. The van der Waals surface area contributed by atoms with Gasteiger partial charge in [0.2, 0.25) is 0 Å². The van der Waals surface area contributed by atoms with Gasteiger partial charge in [-0.3, -0.25) is 4.79 Å². The Kier molecular flexibility index (Phi) is 3.31. The molecule has 0 saturated carbocycles. The van der Waals surface area contributed by atoms with Gasteiger partial charge in [-0.1, -0.05) is 10.6 Å². The Morgan fingerprint density at radius 2 is 2.31 bits per heavy atom. The number of carbonyl (C=O) groups excluding carboxylic acids is 1. The second kappa shape index (κ2) is 4.71. The minimum Gasteiger partial charge on any atom is -0.311 e. The minimum absolute atomic E-state index is 0.169. The Bertz CT molecular complexity index is 513. The van der Waals surface area contributed by atoms with Gasteiger partial charge in [0.05, 0.1) is 11.8 Å². The first-order valence-electron chi connectivity index (χ1n) is 4.51. The smallest absolute Gasteiger partial charge is 0.257 e. The first-order valence-corrected chi connectivity index (χ1v) is 6.08. The van der Waals surface area contributed by atoms with Crippen LogP contribution in [-0.4, -0.2) is 15.5 Å². The Hall–Kier alpha value is -1.27. The van der Waals surface area contributed by atoms with Crippen LogP contribution in [0.5, 0.6) is 0 Å². The number of halogens is 1. The molecule has 4 nitrogen and oxygen atoms in total. The average molecular weight is 298 g/mol. The zero-order valence-corrected chi connectivity index (χ0v) is 10.8. The third-order valence-corrected chi connectivity index (χ3v) is 3.20. The first-order chi connectivity index (χ1) is 7.66. The molecule has 0 aliphatic carbocycles. The van der Waals surface area contributed by atoms with E-state index in [2.05, 4.69) is 30.8 Å². The van der Waals surface area contributed by atoms with E-state index in [1.807, 2.05) is 19.1 Å². The van der Waals surface area contributed by atoms with Crippen LogP contribution in [0.25, 0.3) is 0 Å². The number of carbonyl (C=O) groups is 1. The summed E-state index contributed by atoms with van der Waals surface area (Å²) < 4.78 is 4.45. The molecule has 0 unspecified atom stereocenters. The van der Waals surface area contributed by atoms with Crippen molar-refractivity contribution in [3.63, 3.8) is 0 Å². The normalized spacial score (nSPS) is 10.1. The lowest BCUT2D eigenvalue weighted by Crippen LogP contribution is -2.11. The Balaban J connectivity index is 2.21. The van der Waals surface area contributed by atoms with Crippen molar-refractivity contribution in [1.82, 2.24) is 9.59 Å². The van der Waals surface area contributed by atoms with Gasteiger partial charge >= 0.3 is 0 Å². The molecule has 1 heterocycles. The van der Waals surface area contributed by atoms with Crippen LogP contribution in [0.2, 0.25) is 0 Å². The number of aryl methyl sites for hydroxylation is 1. The van der Waals surface area contributed by atoms with Crippen LogP contribution in [0, 0.1) is 6.92 Å². The van der Waals surface area contributed by atoms with Crippen molar-refractivity contribution >= 4 is 38.4 Å². The van der Waals surface area contributed by atoms with Gasteiger partial charge in [0, 0.05) is 16.0 Å². The Morgan fingerprint density at radius 3 is 2.94 bits per heavy atom. The lowest BCUT2D eigenvalue weighted by atomic mass is 10.1. The number of amides is 1. The highest BCUT2D eigenvalue weighted by Crippen LogP contribution is 2.20. The fourth-order valence-corrected chi connectivity index (χ4v) is 2.29. The number of aromatic nitrogens is 2. The molecular formula is C10H8BrN3OS. The number of hydrogen-bond acceptors (Lipinski definition) is 4. The molecule has 1 aromatic heterocycles. The molecule has 0 bridgehead atoms. The van der Waals surface area contributed by atoms with E-state index < -0.39 is 0 Å². The number of benzene rings is 1. The summed E-state index contributed by atoms with van der Waals surface area (Å²) >= 11 is 4.51. The summed E-state index contributed by atoms with van der Waals surface area (Å²) in [5.41, 5.74) is 1.70. The molecule has 82 valence electrons. The molecule has 2 aromatic rings. The van der Waals surface area contributed by atoms with Crippen LogP contribution >= 0.6 is 27.5 Å². The summed E-state index contributed by atoms with van der Waals surface area (Å²) in [5.74, 6) is -0.169. The standard InChI is InChI=1S/C10H8BrN3OS/c1-6-2-3-7(8(11)4-6)10(15)13-9-5-12-14-16-9/h2-5H,1H3,(H,13,15). The van der Waals surface area contributed by atoms with E-state index in [0.29, 0.717) is 10.6 Å². The minimum atomic E-state index is -0.169. The molecule has 0 aliphatic heterocycles. The molecule has 0 aliphatic rings. The topological polar surface area (TPSA) is 54.9 Å². The van der Waals surface area contributed by atoms with Crippen molar-refractivity contribution in [2.75, 3.05) is 5.32 Å². The van der Waals surface area contributed by atoms with E-state index in [1.165, 1.54) is 6.20 Å². The van der Waals surface area contributed by atoms with Crippen molar-refractivity contribution in [2.45, 2.75) is 6.92 Å². The summed E-state index contributed by atoms with van der Waals surface area (Å²) in [7, 11) is 0. The van der Waals surface area contributed by atoms with Gasteiger partial charge < -0.3 is 5.32 Å². The van der Waals surface area contributed by atoms with Gasteiger partial charge in [-0.25, -0.2) is 0 Å². The van der Waals surface area contributed by atoms with Crippen molar-refractivity contribution in [2.24, 2.45) is 0 Å². The van der Waals surface area contributed by atoms with Crippen LogP contribution in [0.15, 0.2) is 28.9 Å². The van der Waals surface area contributed by atoms with Crippen LogP contribution in [0.4, 0.5) is 5.00 Å². The van der Waals surface area contributed by atoms with Crippen molar-refractivity contribution < 1.29 is 4.79 Å². The fourth-order valence-electron chi connectivity index (χ4n) is 1.21. The molecule has 1 amide bonds. The van der Waals surface area contributed by atoms with Gasteiger partial charge in [-0.15, -0.1) is 5.10 Å². The second-order valence-electron chi connectivity index (χ2n) is 3.22. The molecule has 1 N–H and O–H groups in total. The average Bonchev–Trinajstić information content (AvgIpc) is 2.70.